The lowest BCUT2D eigenvalue weighted by molar-refractivity contribution is -0.122. The highest BCUT2D eigenvalue weighted by molar-refractivity contribution is 6.39. The monoisotopic (exact) mass is 508 g/mol. The lowest BCUT2D eigenvalue weighted by atomic mass is 10.1. The fourth-order valence-electron chi connectivity index (χ4n) is 4.47. The van der Waals surface area contributed by atoms with Crippen LogP contribution in [0.1, 0.15) is 5.56 Å². The summed E-state index contributed by atoms with van der Waals surface area (Å²) in [6.45, 7) is 0.0521. The standard InChI is InChI=1S/C28H20N4O6/c33-25(29-18-6-2-1-3-7-18)15-31-14-17(20-8-4-5-9-22(20)31)12-21-26(34)30-28(36)32(27(21)35)19-10-11-23-24(13-19)38-16-37-23/h1-14H,15-16H2,(H,29,33)(H,30,34,36). The van der Waals surface area contributed by atoms with Gasteiger partial charge in [-0.25, -0.2) is 9.69 Å². The molecule has 6 rings (SSSR count). The number of carbonyl (C=O) groups excluding carboxylic acids is 4. The van der Waals surface area contributed by atoms with Crippen molar-refractivity contribution in [2.24, 2.45) is 0 Å². The Balaban J connectivity index is 1.33. The van der Waals surface area contributed by atoms with Gasteiger partial charge >= 0.3 is 6.03 Å². The average Bonchev–Trinajstić information content (AvgIpc) is 3.51. The lowest BCUT2D eigenvalue weighted by Crippen LogP contribution is -2.54. The first-order valence-electron chi connectivity index (χ1n) is 11.7. The number of amides is 5. The molecule has 0 saturated carbocycles. The third-order valence-electron chi connectivity index (χ3n) is 6.21. The number of fused-ring (bicyclic) bond motifs is 2. The van der Waals surface area contributed by atoms with E-state index < -0.39 is 17.8 Å². The topological polar surface area (TPSA) is 119 Å². The first kappa shape index (κ1) is 23.0. The minimum Gasteiger partial charge on any atom is -0.454 e. The first-order chi connectivity index (χ1) is 18.5. The summed E-state index contributed by atoms with van der Waals surface area (Å²) in [7, 11) is 0. The van der Waals surface area contributed by atoms with Crippen LogP contribution >= 0.6 is 0 Å². The van der Waals surface area contributed by atoms with Crippen LogP contribution in [0.15, 0.2) is 84.6 Å². The van der Waals surface area contributed by atoms with E-state index in [1.807, 2.05) is 42.5 Å². The molecule has 5 amide bonds. The largest absolute Gasteiger partial charge is 0.454 e. The summed E-state index contributed by atoms with van der Waals surface area (Å²) in [5.41, 5.74) is 1.98. The number of anilines is 2. The van der Waals surface area contributed by atoms with Crippen molar-refractivity contribution in [2.75, 3.05) is 17.0 Å². The summed E-state index contributed by atoms with van der Waals surface area (Å²) in [6.07, 6.45) is 3.13. The number of nitrogens with one attached hydrogen (secondary N) is 2. The number of para-hydroxylation sites is 2. The number of rotatable bonds is 5. The molecule has 2 N–H and O–H groups in total. The van der Waals surface area contributed by atoms with Gasteiger partial charge < -0.3 is 19.4 Å². The van der Waals surface area contributed by atoms with Crippen molar-refractivity contribution in [2.45, 2.75) is 6.54 Å². The van der Waals surface area contributed by atoms with E-state index in [1.54, 1.807) is 29.0 Å². The van der Waals surface area contributed by atoms with Gasteiger partial charge in [0.05, 0.1) is 5.69 Å². The van der Waals surface area contributed by atoms with Gasteiger partial charge in [-0.2, -0.15) is 0 Å². The molecule has 0 unspecified atom stereocenters. The Kier molecular flexibility index (Phi) is 5.61. The molecule has 1 fully saturated rings. The zero-order valence-corrected chi connectivity index (χ0v) is 19.8. The van der Waals surface area contributed by atoms with Crippen LogP contribution in [0, 0.1) is 0 Å². The molecule has 3 aromatic carbocycles. The van der Waals surface area contributed by atoms with Gasteiger partial charge in [0.15, 0.2) is 11.5 Å². The van der Waals surface area contributed by atoms with Crippen molar-refractivity contribution in [3.63, 3.8) is 0 Å². The molecule has 0 radical (unpaired) electrons. The quantitative estimate of drug-likeness (QED) is 0.314. The van der Waals surface area contributed by atoms with Crippen LogP contribution in [0.2, 0.25) is 0 Å². The average molecular weight is 508 g/mol. The zero-order chi connectivity index (χ0) is 26.2. The molecule has 10 heteroatoms. The fraction of sp³-hybridized carbons (Fsp3) is 0.0714. The van der Waals surface area contributed by atoms with Gasteiger partial charge in [0.1, 0.15) is 12.1 Å². The molecule has 1 aromatic heterocycles. The summed E-state index contributed by atoms with van der Waals surface area (Å²) < 4.78 is 12.4. The van der Waals surface area contributed by atoms with E-state index in [2.05, 4.69) is 10.6 Å². The molecule has 0 aliphatic carbocycles. The maximum Gasteiger partial charge on any atom is 0.335 e. The van der Waals surface area contributed by atoms with Gasteiger partial charge in [0, 0.05) is 34.4 Å². The second-order valence-electron chi connectivity index (χ2n) is 8.64. The number of hydrogen-bond donors (Lipinski definition) is 2. The van der Waals surface area contributed by atoms with E-state index in [4.69, 9.17) is 9.47 Å². The molecule has 3 heterocycles. The number of benzene rings is 3. The molecule has 188 valence electrons. The highest BCUT2D eigenvalue weighted by Crippen LogP contribution is 2.36. The molecule has 10 nitrogen and oxygen atoms in total. The zero-order valence-electron chi connectivity index (χ0n) is 19.8. The van der Waals surface area contributed by atoms with Crippen LogP contribution in [0.25, 0.3) is 17.0 Å². The van der Waals surface area contributed by atoms with Crippen LogP contribution < -0.4 is 25.0 Å². The smallest absolute Gasteiger partial charge is 0.335 e. The SMILES string of the molecule is O=C(Cn1cc(C=C2C(=O)NC(=O)N(c3ccc4c(c3)OCO4)C2=O)c2ccccc21)Nc1ccccc1. The van der Waals surface area contributed by atoms with Gasteiger partial charge in [0.2, 0.25) is 12.7 Å². The fourth-order valence-corrected chi connectivity index (χ4v) is 4.47. The predicted molar refractivity (Wildman–Crippen MR) is 139 cm³/mol. The summed E-state index contributed by atoms with van der Waals surface area (Å²) in [5.74, 6) is -0.939. The number of imide groups is 2. The van der Waals surface area contributed by atoms with Crippen LogP contribution in [0.3, 0.4) is 0 Å². The van der Waals surface area contributed by atoms with Crippen molar-refractivity contribution in [3.05, 3.63) is 90.1 Å². The maximum absolute atomic E-state index is 13.4. The van der Waals surface area contributed by atoms with Crippen molar-refractivity contribution in [1.82, 2.24) is 9.88 Å². The third kappa shape index (κ3) is 4.13. The summed E-state index contributed by atoms with van der Waals surface area (Å²) in [4.78, 5) is 52.4. The number of barbiturate groups is 1. The van der Waals surface area contributed by atoms with Gasteiger partial charge in [0.25, 0.3) is 11.8 Å². The van der Waals surface area contributed by atoms with Gasteiger partial charge in [-0.1, -0.05) is 36.4 Å². The Bertz CT molecular complexity index is 1660. The summed E-state index contributed by atoms with van der Waals surface area (Å²) >= 11 is 0. The molecule has 0 spiro atoms. The number of urea groups is 1. The van der Waals surface area contributed by atoms with Crippen LogP contribution in [0.5, 0.6) is 11.5 Å². The number of ether oxygens (including phenoxy) is 2. The molecule has 2 aliphatic rings. The van der Waals surface area contributed by atoms with Crippen LogP contribution in [-0.4, -0.2) is 35.1 Å². The Morgan fingerprint density at radius 3 is 2.55 bits per heavy atom. The summed E-state index contributed by atoms with van der Waals surface area (Å²) in [6, 6.07) is 20.2. The first-order valence-corrected chi connectivity index (χ1v) is 11.7. The lowest BCUT2D eigenvalue weighted by Gasteiger charge is -2.26. The van der Waals surface area contributed by atoms with Crippen molar-refractivity contribution in [3.8, 4) is 11.5 Å². The highest BCUT2D eigenvalue weighted by atomic mass is 16.7. The number of hydrogen-bond acceptors (Lipinski definition) is 6. The van der Waals surface area contributed by atoms with Crippen LogP contribution in [-0.2, 0) is 20.9 Å². The van der Waals surface area contributed by atoms with E-state index in [-0.39, 0.29) is 30.5 Å². The maximum atomic E-state index is 13.4. The number of aromatic nitrogens is 1. The minimum atomic E-state index is -0.865. The third-order valence-corrected chi connectivity index (χ3v) is 6.21. The normalized spacial score (nSPS) is 15.7. The second kappa shape index (κ2) is 9.25. The van der Waals surface area contributed by atoms with E-state index in [1.165, 1.54) is 18.2 Å². The molecule has 0 atom stereocenters. The molecule has 4 aromatic rings. The Hall–Kier alpha value is -5.38. The van der Waals surface area contributed by atoms with Crippen molar-refractivity contribution >= 4 is 52.1 Å². The summed E-state index contributed by atoms with van der Waals surface area (Å²) in [5, 5.41) is 5.81. The van der Waals surface area contributed by atoms with Crippen molar-refractivity contribution < 1.29 is 28.7 Å². The molecule has 38 heavy (non-hydrogen) atoms. The number of carbonyl (C=O) groups is 4. The minimum absolute atomic E-state index is 0.0144. The van der Waals surface area contributed by atoms with Crippen LogP contribution in [0.4, 0.5) is 16.2 Å². The predicted octanol–water partition coefficient (Wildman–Crippen LogP) is 3.68. The van der Waals surface area contributed by atoms with E-state index in [9.17, 15) is 19.2 Å². The molecule has 2 aliphatic heterocycles. The van der Waals surface area contributed by atoms with E-state index in [0.29, 0.717) is 22.7 Å². The Morgan fingerprint density at radius 1 is 0.947 bits per heavy atom. The second-order valence-corrected chi connectivity index (χ2v) is 8.64. The highest BCUT2D eigenvalue weighted by Gasteiger charge is 2.37. The van der Waals surface area contributed by atoms with Crippen molar-refractivity contribution in [1.29, 1.82) is 0 Å². The molecular weight excluding hydrogens is 488 g/mol. The van der Waals surface area contributed by atoms with Gasteiger partial charge in [-0.3, -0.25) is 19.7 Å². The Morgan fingerprint density at radius 2 is 1.71 bits per heavy atom. The molecular formula is C28H20N4O6. The molecule has 1 saturated heterocycles. The Labute approximate surface area is 216 Å². The van der Waals surface area contributed by atoms with E-state index >= 15 is 0 Å². The van der Waals surface area contributed by atoms with E-state index in [0.717, 1.165) is 15.8 Å². The van der Waals surface area contributed by atoms with Gasteiger partial charge in [-0.05, 0) is 36.4 Å². The van der Waals surface area contributed by atoms with Gasteiger partial charge in [-0.15, -0.1) is 0 Å². The molecule has 0 bridgehead atoms. The number of nitrogens with zero attached hydrogens (tertiary/aromatic N) is 2.